The molecule has 2 heterocycles. The zero-order chi connectivity index (χ0) is 17.2. The van der Waals surface area contributed by atoms with Gasteiger partial charge in [-0.15, -0.1) is 12.4 Å². The molecule has 0 atom stereocenters. The molecule has 1 amide bonds. The van der Waals surface area contributed by atoms with E-state index in [-0.39, 0.29) is 18.3 Å². The highest BCUT2D eigenvalue weighted by atomic mass is 35.5. The van der Waals surface area contributed by atoms with Crippen LogP contribution in [-0.2, 0) is 17.8 Å². The Morgan fingerprint density at radius 3 is 2.23 bits per heavy atom. The third-order valence-corrected chi connectivity index (χ3v) is 5.37. The number of carbonyl (C=O) groups is 1. The van der Waals surface area contributed by atoms with Gasteiger partial charge >= 0.3 is 0 Å². The van der Waals surface area contributed by atoms with Crippen molar-refractivity contribution in [3.63, 3.8) is 0 Å². The van der Waals surface area contributed by atoms with Gasteiger partial charge in [0, 0.05) is 31.9 Å². The molecule has 1 saturated heterocycles. The van der Waals surface area contributed by atoms with E-state index in [0.717, 1.165) is 38.3 Å². The van der Waals surface area contributed by atoms with Gasteiger partial charge in [-0.3, -0.25) is 9.69 Å². The second-order valence-electron chi connectivity index (χ2n) is 7.13. The van der Waals surface area contributed by atoms with Crippen LogP contribution >= 0.6 is 12.4 Å². The maximum Gasteiger partial charge on any atom is 0.241 e. The van der Waals surface area contributed by atoms with Crippen LogP contribution < -0.4 is 4.90 Å². The lowest BCUT2D eigenvalue weighted by molar-refractivity contribution is -0.120. The van der Waals surface area contributed by atoms with Crippen molar-refractivity contribution >= 4 is 24.0 Å². The first-order valence-electron chi connectivity index (χ1n) is 9.06. The first kappa shape index (κ1) is 18.9. The lowest BCUT2D eigenvalue weighted by atomic mass is 10.0. The van der Waals surface area contributed by atoms with Gasteiger partial charge in [-0.25, -0.2) is 0 Å². The first-order chi connectivity index (χ1) is 12.2. The molecule has 0 N–H and O–H groups in total. The molecule has 2 aromatic rings. The van der Waals surface area contributed by atoms with E-state index in [4.69, 9.17) is 0 Å². The van der Waals surface area contributed by atoms with Crippen molar-refractivity contribution in [3.05, 3.63) is 65.2 Å². The van der Waals surface area contributed by atoms with E-state index in [1.54, 1.807) is 0 Å². The number of carbonyl (C=O) groups excluding carboxylic acids is 1. The maximum absolute atomic E-state index is 13.1. The Balaban J connectivity index is 0.00000196. The minimum Gasteiger partial charge on any atom is -0.307 e. The number of benzene rings is 2. The van der Waals surface area contributed by atoms with E-state index in [2.05, 4.69) is 59.3 Å². The van der Waals surface area contributed by atoms with Crippen molar-refractivity contribution < 1.29 is 4.79 Å². The second-order valence-corrected chi connectivity index (χ2v) is 7.13. The molecule has 0 saturated carbocycles. The Hall–Kier alpha value is -1.88. The van der Waals surface area contributed by atoms with Crippen LogP contribution in [0.5, 0.6) is 0 Å². The summed E-state index contributed by atoms with van der Waals surface area (Å²) in [6, 6.07) is 16.8. The molecule has 1 fully saturated rings. The molecule has 0 spiro atoms. The molecule has 2 aliphatic rings. The third-order valence-electron chi connectivity index (χ3n) is 5.37. The second kappa shape index (κ2) is 8.21. The molecule has 4 nitrogen and oxygen atoms in total. The van der Waals surface area contributed by atoms with E-state index < -0.39 is 0 Å². The minimum absolute atomic E-state index is 0. The van der Waals surface area contributed by atoms with Gasteiger partial charge in [0.15, 0.2) is 0 Å². The zero-order valence-corrected chi connectivity index (χ0v) is 16.0. The van der Waals surface area contributed by atoms with E-state index >= 15 is 0 Å². The minimum atomic E-state index is 0. The molecule has 0 bridgehead atoms. The van der Waals surface area contributed by atoms with Gasteiger partial charge in [-0.05, 0) is 36.2 Å². The molecule has 138 valence electrons. The zero-order valence-electron chi connectivity index (χ0n) is 15.2. The molecule has 2 aromatic carbocycles. The number of hydrogen-bond acceptors (Lipinski definition) is 3. The molecule has 0 aromatic heterocycles. The normalized spacial score (nSPS) is 17.7. The summed E-state index contributed by atoms with van der Waals surface area (Å²) in [5, 5.41) is 0. The van der Waals surface area contributed by atoms with Crippen LogP contribution in [0.1, 0.15) is 16.7 Å². The van der Waals surface area contributed by atoms with E-state index in [0.29, 0.717) is 13.1 Å². The number of amides is 1. The smallest absolute Gasteiger partial charge is 0.241 e. The van der Waals surface area contributed by atoms with E-state index in [1.165, 1.54) is 16.7 Å². The fourth-order valence-corrected chi connectivity index (χ4v) is 3.77. The van der Waals surface area contributed by atoms with Gasteiger partial charge in [-0.2, -0.15) is 0 Å². The van der Waals surface area contributed by atoms with Crippen molar-refractivity contribution in [2.24, 2.45) is 0 Å². The summed E-state index contributed by atoms with van der Waals surface area (Å²) in [7, 11) is 2.14. The average molecular weight is 372 g/mol. The van der Waals surface area contributed by atoms with Crippen LogP contribution in [0, 0.1) is 0 Å². The van der Waals surface area contributed by atoms with Gasteiger partial charge in [0.05, 0.1) is 13.1 Å². The summed E-state index contributed by atoms with van der Waals surface area (Å²) in [4.78, 5) is 19.7. The number of para-hydroxylation sites is 1. The third kappa shape index (κ3) is 3.93. The average Bonchev–Trinajstić information content (AvgIpc) is 2.80. The molecule has 5 heteroatoms. The highest BCUT2D eigenvalue weighted by Gasteiger charge is 2.26. The Kier molecular flexibility index (Phi) is 5.97. The van der Waals surface area contributed by atoms with Crippen molar-refractivity contribution in [2.45, 2.75) is 13.0 Å². The van der Waals surface area contributed by atoms with Crippen LogP contribution in [0.4, 0.5) is 5.69 Å². The summed E-state index contributed by atoms with van der Waals surface area (Å²) < 4.78 is 0. The largest absolute Gasteiger partial charge is 0.307 e. The van der Waals surface area contributed by atoms with Gasteiger partial charge < -0.3 is 9.80 Å². The van der Waals surface area contributed by atoms with E-state index in [9.17, 15) is 4.79 Å². The number of piperazine rings is 1. The van der Waals surface area contributed by atoms with Gasteiger partial charge in [0.2, 0.25) is 5.91 Å². The monoisotopic (exact) mass is 371 g/mol. The van der Waals surface area contributed by atoms with Crippen LogP contribution in [0.15, 0.2) is 48.5 Å². The topological polar surface area (TPSA) is 26.8 Å². The fourth-order valence-electron chi connectivity index (χ4n) is 3.77. The first-order valence-corrected chi connectivity index (χ1v) is 9.06. The Morgan fingerprint density at radius 1 is 0.885 bits per heavy atom. The molecule has 2 aliphatic heterocycles. The molecule has 0 aliphatic carbocycles. The summed E-state index contributed by atoms with van der Waals surface area (Å²) in [6.45, 7) is 5.17. The van der Waals surface area contributed by atoms with Crippen LogP contribution in [-0.4, -0.2) is 55.5 Å². The van der Waals surface area contributed by atoms with Crippen molar-refractivity contribution in [1.82, 2.24) is 9.80 Å². The number of halogens is 1. The molecular formula is C21H26ClN3O. The number of fused-ring (bicyclic) bond motifs is 2. The lowest BCUT2D eigenvalue weighted by Gasteiger charge is -2.33. The SMILES string of the molecule is CN1CCN(CC(=O)N2Cc3ccccc3Cc3ccccc32)CC1.Cl. The van der Waals surface area contributed by atoms with Crippen LogP contribution in [0.25, 0.3) is 0 Å². The molecule has 26 heavy (non-hydrogen) atoms. The summed E-state index contributed by atoms with van der Waals surface area (Å²) in [5.74, 6) is 0.203. The maximum atomic E-state index is 13.1. The van der Waals surface area contributed by atoms with E-state index in [1.807, 2.05) is 11.0 Å². The number of nitrogens with zero attached hydrogens (tertiary/aromatic N) is 3. The van der Waals surface area contributed by atoms with Crippen molar-refractivity contribution in [3.8, 4) is 0 Å². The van der Waals surface area contributed by atoms with Crippen LogP contribution in [0.3, 0.4) is 0 Å². The predicted octanol–water partition coefficient (Wildman–Crippen LogP) is 2.79. The summed E-state index contributed by atoms with van der Waals surface area (Å²) in [5.41, 5.74) is 4.88. The highest BCUT2D eigenvalue weighted by molar-refractivity contribution is 5.96. The van der Waals surface area contributed by atoms with Crippen LogP contribution in [0.2, 0.25) is 0 Å². The lowest BCUT2D eigenvalue weighted by Crippen LogP contribution is -2.48. The summed E-state index contributed by atoms with van der Waals surface area (Å²) in [6.07, 6.45) is 0.893. The molecular weight excluding hydrogens is 346 g/mol. The Labute approximate surface area is 161 Å². The van der Waals surface area contributed by atoms with Gasteiger partial charge in [0.1, 0.15) is 0 Å². The number of anilines is 1. The van der Waals surface area contributed by atoms with Gasteiger partial charge in [0.25, 0.3) is 0 Å². The highest BCUT2D eigenvalue weighted by Crippen LogP contribution is 2.30. The van der Waals surface area contributed by atoms with Gasteiger partial charge in [-0.1, -0.05) is 42.5 Å². The Bertz CT molecular complexity index is 771. The Morgan fingerprint density at radius 2 is 1.50 bits per heavy atom. The fraction of sp³-hybridized carbons (Fsp3) is 0.381. The van der Waals surface area contributed by atoms with Crippen molar-refractivity contribution in [2.75, 3.05) is 44.7 Å². The number of likely N-dealkylation sites (N-methyl/N-ethyl adjacent to an activating group) is 1. The van der Waals surface area contributed by atoms with Crippen molar-refractivity contribution in [1.29, 1.82) is 0 Å². The predicted molar refractivity (Wildman–Crippen MR) is 108 cm³/mol. The molecule has 4 rings (SSSR count). The molecule has 0 unspecified atom stereocenters. The summed E-state index contributed by atoms with van der Waals surface area (Å²) >= 11 is 0. The number of hydrogen-bond donors (Lipinski definition) is 0. The standard InChI is InChI=1S/C21H25N3O.ClH/c1-22-10-12-23(13-11-22)16-21(25)24-15-19-8-3-2-6-17(19)14-18-7-4-5-9-20(18)24;/h2-9H,10-16H2,1H3;1H. The quantitative estimate of drug-likeness (QED) is 0.812. The molecule has 0 radical (unpaired) electrons. The number of rotatable bonds is 2.